The summed E-state index contributed by atoms with van der Waals surface area (Å²) < 4.78 is 16.7. The third-order valence-electron chi connectivity index (χ3n) is 5.77. The molecule has 0 aromatic heterocycles. The van der Waals surface area contributed by atoms with Crippen LogP contribution in [0, 0.1) is 0 Å². The summed E-state index contributed by atoms with van der Waals surface area (Å²) in [5, 5.41) is 1.76. The van der Waals surface area contributed by atoms with E-state index in [0.717, 1.165) is 47.0 Å². The Morgan fingerprint density at radius 3 is 2.65 bits per heavy atom. The fraction of sp³-hybridized carbons (Fsp3) is 0.280. The molecule has 4 rings (SSSR count). The summed E-state index contributed by atoms with van der Waals surface area (Å²) in [4.78, 5) is 26.6. The van der Waals surface area contributed by atoms with Crippen LogP contribution in [0.25, 0.3) is 10.8 Å². The van der Waals surface area contributed by atoms with Crippen molar-refractivity contribution >= 4 is 23.0 Å². The monoisotopic (exact) mass is 419 g/mol. The van der Waals surface area contributed by atoms with E-state index in [9.17, 15) is 9.59 Å². The molecule has 1 atom stereocenters. The van der Waals surface area contributed by atoms with Gasteiger partial charge in [-0.1, -0.05) is 30.3 Å². The highest BCUT2D eigenvalue weighted by Gasteiger charge is 2.32. The number of rotatable bonds is 7. The zero-order valence-electron chi connectivity index (χ0n) is 17.7. The van der Waals surface area contributed by atoms with Crippen LogP contribution >= 0.6 is 0 Å². The molecule has 3 aromatic rings. The first-order valence-corrected chi connectivity index (χ1v) is 10.3. The number of methoxy groups -OCH3 is 2. The Morgan fingerprint density at radius 2 is 1.87 bits per heavy atom. The van der Waals surface area contributed by atoms with Crippen LogP contribution in [-0.4, -0.2) is 44.5 Å². The molecule has 1 fully saturated rings. The van der Waals surface area contributed by atoms with Crippen LogP contribution in [0.2, 0.25) is 0 Å². The number of nitrogens with zero attached hydrogens (tertiary/aromatic N) is 1. The quantitative estimate of drug-likeness (QED) is 0.531. The molecule has 1 aliphatic rings. The SMILES string of the molecule is COc1ccc(OC)c([C@@H]2CCCN2C(=O)COc2ccc3ccccc3c2C=O)c1. The number of likely N-dealkylation sites (tertiary alicyclic amines) is 1. The van der Waals surface area contributed by atoms with Gasteiger partial charge in [0, 0.05) is 12.1 Å². The summed E-state index contributed by atoms with van der Waals surface area (Å²) in [6.07, 6.45) is 2.51. The van der Waals surface area contributed by atoms with Gasteiger partial charge in [0.05, 0.1) is 25.8 Å². The smallest absolute Gasteiger partial charge is 0.261 e. The van der Waals surface area contributed by atoms with Crippen molar-refractivity contribution < 1.29 is 23.8 Å². The third kappa shape index (κ3) is 4.06. The summed E-state index contributed by atoms with van der Waals surface area (Å²) in [6, 6.07) is 16.7. The van der Waals surface area contributed by atoms with Crippen molar-refractivity contribution in [1.82, 2.24) is 4.90 Å². The zero-order chi connectivity index (χ0) is 21.8. The molecule has 3 aromatic carbocycles. The largest absolute Gasteiger partial charge is 0.497 e. The summed E-state index contributed by atoms with van der Waals surface area (Å²) in [6.45, 7) is 0.507. The van der Waals surface area contributed by atoms with Crippen LogP contribution in [0.15, 0.2) is 54.6 Å². The van der Waals surface area contributed by atoms with Crippen LogP contribution in [0.4, 0.5) is 0 Å². The Kier molecular flexibility index (Phi) is 6.07. The van der Waals surface area contributed by atoms with E-state index in [-0.39, 0.29) is 18.6 Å². The third-order valence-corrected chi connectivity index (χ3v) is 5.77. The minimum Gasteiger partial charge on any atom is -0.497 e. The maximum absolute atomic E-state index is 13.1. The molecule has 0 unspecified atom stereocenters. The van der Waals surface area contributed by atoms with E-state index in [1.165, 1.54) is 0 Å². The van der Waals surface area contributed by atoms with Gasteiger partial charge in [0.25, 0.3) is 5.91 Å². The number of benzene rings is 3. The van der Waals surface area contributed by atoms with E-state index in [1.54, 1.807) is 20.3 Å². The second-order valence-corrected chi connectivity index (χ2v) is 7.46. The van der Waals surface area contributed by atoms with Gasteiger partial charge < -0.3 is 19.1 Å². The van der Waals surface area contributed by atoms with Gasteiger partial charge in [0.15, 0.2) is 12.9 Å². The highest BCUT2D eigenvalue weighted by Crippen LogP contribution is 2.39. The van der Waals surface area contributed by atoms with Crippen LogP contribution < -0.4 is 14.2 Å². The molecule has 31 heavy (non-hydrogen) atoms. The number of aldehydes is 1. The van der Waals surface area contributed by atoms with Crippen LogP contribution in [0.5, 0.6) is 17.2 Å². The number of amides is 1. The fourth-order valence-corrected chi connectivity index (χ4v) is 4.23. The van der Waals surface area contributed by atoms with Gasteiger partial charge in [-0.25, -0.2) is 0 Å². The highest BCUT2D eigenvalue weighted by atomic mass is 16.5. The topological polar surface area (TPSA) is 65.1 Å². The second kappa shape index (κ2) is 9.08. The summed E-state index contributed by atoms with van der Waals surface area (Å²) >= 11 is 0. The van der Waals surface area contributed by atoms with Gasteiger partial charge >= 0.3 is 0 Å². The maximum Gasteiger partial charge on any atom is 0.261 e. The Bertz CT molecular complexity index is 1110. The molecule has 0 saturated carbocycles. The van der Waals surface area contributed by atoms with E-state index in [2.05, 4.69) is 0 Å². The van der Waals surface area contributed by atoms with E-state index in [0.29, 0.717) is 17.9 Å². The molecule has 1 aliphatic heterocycles. The molecule has 0 bridgehead atoms. The minimum absolute atomic E-state index is 0.108. The summed E-state index contributed by atoms with van der Waals surface area (Å²) in [7, 11) is 3.24. The molecule has 6 nitrogen and oxygen atoms in total. The van der Waals surface area contributed by atoms with Gasteiger partial charge in [-0.3, -0.25) is 9.59 Å². The van der Waals surface area contributed by atoms with E-state index in [4.69, 9.17) is 14.2 Å². The molecule has 0 aliphatic carbocycles. The molecular weight excluding hydrogens is 394 g/mol. The molecule has 1 heterocycles. The second-order valence-electron chi connectivity index (χ2n) is 7.46. The molecule has 0 spiro atoms. The molecular formula is C25H25NO5. The Balaban J connectivity index is 1.54. The number of carbonyl (C=O) groups is 2. The van der Waals surface area contributed by atoms with Crippen molar-refractivity contribution in [2.24, 2.45) is 0 Å². The number of carbonyl (C=O) groups excluding carboxylic acids is 2. The predicted molar refractivity (Wildman–Crippen MR) is 118 cm³/mol. The minimum atomic E-state index is -0.137. The molecule has 160 valence electrons. The fourth-order valence-electron chi connectivity index (χ4n) is 4.23. The van der Waals surface area contributed by atoms with Crippen molar-refractivity contribution in [2.75, 3.05) is 27.4 Å². The lowest BCUT2D eigenvalue weighted by Crippen LogP contribution is -2.34. The van der Waals surface area contributed by atoms with Crippen molar-refractivity contribution in [1.29, 1.82) is 0 Å². The van der Waals surface area contributed by atoms with Crippen molar-refractivity contribution in [3.63, 3.8) is 0 Å². The normalized spacial score (nSPS) is 15.7. The van der Waals surface area contributed by atoms with Gasteiger partial charge in [0.2, 0.25) is 0 Å². The zero-order valence-corrected chi connectivity index (χ0v) is 17.7. The standard InChI is InChI=1S/C25H25NO5/c1-29-18-10-12-23(30-2)20(14-18)22-8-5-13-26(22)25(28)16-31-24-11-9-17-6-3-4-7-19(17)21(24)15-27/h3-4,6-7,9-12,14-15,22H,5,8,13,16H2,1-2H3/t22-/m0/s1. The summed E-state index contributed by atoms with van der Waals surface area (Å²) in [5.74, 6) is 1.73. The van der Waals surface area contributed by atoms with Crippen LogP contribution in [0.3, 0.4) is 0 Å². The first kappa shape index (κ1) is 20.7. The van der Waals surface area contributed by atoms with E-state index in [1.807, 2.05) is 53.4 Å². The van der Waals surface area contributed by atoms with Crippen LogP contribution in [0.1, 0.15) is 34.8 Å². The molecule has 1 amide bonds. The lowest BCUT2D eigenvalue weighted by Gasteiger charge is -2.27. The lowest BCUT2D eigenvalue weighted by atomic mass is 10.0. The van der Waals surface area contributed by atoms with E-state index >= 15 is 0 Å². The molecule has 1 saturated heterocycles. The number of ether oxygens (including phenoxy) is 3. The number of hydrogen-bond acceptors (Lipinski definition) is 5. The number of fused-ring (bicyclic) bond motifs is 1. The highest BCUT2D eigenvalue weighted by molar-refractivity contribution is 6.00. The van der Waals surface area contributed by atoms with Crippen molar-refractivity contribution in [3.05, 3.63) is 65.7 Å². The van der Waals surface area contributed by atoms with Crippen LogP contribution in [-0.2, 0) is 4.79 Å². The van der Waals surface area contributed by atoms with Gasteiger partial charge in [-0.15, -0.1) is 0 Å². The first-order chi connectivity index (χ1) is 15.2. The maximum atomic E-state index is 13.1. The Labute approximate surface area is 181 Å². The Morgan fingerprint density at radius 1 is 1.06 bits per heavy atom. The predicted octanol–water partition coefficient (Wildman–Crippen LogP) is 4.41. The summed E-state index contributed by atoms with van der Waals surface area (Å²) in [5.41, 5.74) is 1.38. The Hall–Kier alpha value is -3.54. The average Bonchev–Trinajstić information content (AvgIpc) is 3.31. The molecule has 0 N–H and O–H groups in total. The molecule has 0 radical (unpaired) electrons. The van der Waals surface area contributed by atoms with Crippen molar-refractivity contribution in [3.8, 4) is 17.2 Å². The van der Waals surface area contributed by atoms with Gasteiger partial charge in [0.1, 0.15) is 17.2 Å². The van der Waals surface area contributed by atoms with E-state index < -0.39 is 0 Å². The number of hydrogen-bond donors (Lipinski definition) is 0. The first-order valence-electron chi connectivity index (χ1n) is 10.3. The molecule has 6 heteroatoms. The van der Waals surface area contributed by atoms with Gasteiger partial charge in [-0.05, 0) is 47.9 Å². The lowest BCUT2D eigenvalue weighted by molar-refractivity contribution is -0.134. The van der Waals surface area contributed by atoms with Crippen molar-refractivity contribution in [2.45, 2.75) is 18.9 Å². The average molecular weight is 419 g/mol. The van der Waals surface area contributed by atoms with Gasteiger partial charge in [-0.2, -0.15) is 0 Å².